The molecule has 1 saturated carbocycles. The molecule has 1 N–H and O–H groups in total. The van der Waals surface area contributed by atoms with Gasteiger partial charge in [0, 0.05) is 13.1 Å². The topological polar surface area (TPSA) is 50.8 Å². The molecule has 1 aromatic carbocycles. The maximum atomic E-state index is 12.6. The SMILES string of the molecule is COc1cccc(C(=O)NCC2CCN(CC3CCCCC3)CC2)c1OC. The average molecular weight is 375 g/mol. The molecule has 0 bridgehead atoms. The fourth-order valence-corrected chi connectivity index (χ4v) is 4.51. The number of carbonyl (C=O) groups is 1. The van der Waals surface area contributed by atoms with Crippen LogP contribution < -0.4 is 14.8 Å². The molecule has 5 heteroatoms. The maximum Gasteiger partial charge on any atom is 0.255 e. The fourth-order valence-electron chi connectivity index (χ4n) is 4.51. The van der Waals surface area contributed by atoms with E-state index in [-0.39, 0.29) is 5.91 Å². The largest absolute Gasteiger partial charge is 0.493 e. The van der Waals surface area contributed by atoms with Crippen molar-refractivity contribution in [3.63, 3.8) is 0 Å². The molecule has 0 unspecified atom stereocenters. The van der Waals surface area contributed by atoms with E-state index < -0.39 is 0 Å². The number of benzene rings is 1. The molecule has 0 radical (unpaired) electrons. The summed E-state index contributed by atoms with van der Waals surface area (Å²) in [5.74, 6) is 2.47. The van der Waals surface area contributed by atoms with E-state index >= 15 is 0 Å². The number of amides is 1. The van der Waals surface area contributed by atoms with E-state index in [1.807, 2.05) is 6.07 Å². The zero-order chi connectivity index (χ0) is 19.1. The number of para-hydroxylation sites is 1. The number of hydrogen-bond donors (Lipinski definition) is 1. The van der Waals surface area contributed by atoms with Gasteiger partial charge in [0.25, 0.3) is 5.91 Å². The lowest BCUT2D eigenvalue weighted by molar-refractivity contribution is 0.0927. The van der Waals surface area contributed by atoms with Gasteiger partial charge in [0.1, 0.15) is 0 Å². The number of carbonyl (C=O) groups excluding carboxylic acids is 1. The van der Waals surface area contributed by atoms with E-state index in [0.717, 1.165) is 12.5 Å². The van der Waals surface area contributed by atoms with Gasteiger partial charge in [-0.05, 0) is 62.7 Å². The second-order valence-corrected chi connectivity index (χ2v) is 8.00. The summed E-state index contributed by atoms with van der Waals surface area (Å²) in [5.41, 5.74) is 0.534. The number of piperidine rings is 1. The Morgan fingerprint density at radius 3 is 2.44 bits per heavy atom. The first-order chi connectivity index (χ1) is 13.2. The van der Waals surface area contributed by atoms with Crippen LogP contribution in [0.2, 0.25) is 0 Å². The van der Waals surface area contributed by atoms with Gasteiger partial charge in [-0.1, -0.05) is 25.3 Å². The van der Waals surface area contributed by atoms with Crippen LogP contribution in [0.4, 0.5) is 0 Å². The van der Waals surface area contributed by atoms with Crippen LogP contribution in [-0.4, -0.2) is 51.2 Å². The Morgan fingerprint density at radius 2 is 1.78 bits per heavy atom. The molecule has 1 aromatic rings. The van der Waals surface area contributed by atoms with E-state index in [1.54, 1.807) is 26.4 Å². The standard InChI is InChI=1S/C22H34N2O3/c1-26-20-10-6-9-19(21(20)27-2)22(25)23-15-17-11-13-24(14-12-17)16-18-7-4-3-5-8-18/h6,9-10,17-18H,3-5,7-8,11-16H2,1-2H3,(H,23,25). The average Bonchev–Trinajstić information content (AvgIpc) is 2.73. The molecule has 27 heavy (non-hydrogen) atoms. The number of ether oxygens (including phenoxy) is 2. The van der Waals surface area contributed by atoms with Crippen LogP contribution in [-0.2, 0) is 0 Å². The Bertz CT molecular complexity index is 606. The molecule has 1 amide bonds. The van der Waals surface area contributed by atoms with Crippen molar-refractivity contribution in [3.05, 3.63) is 23.8 Å². The van der Waals surface area contributed by atoms with Crippen LogP contribution >= 0.6 is 0 Å². The molecule has 1 heterocycles. The first kappa shape index (κ1) is 20.0. The van der Waals surface area contributed by atoms with Gasteiger partial charge in [-0.2, -0.15) is 0 Å². The van der Waals surface area contributed by atoms with E-state index in [4.69, 9.17) is 9.47 Å². The zero-order valence-electron chi connectivity index (χ0n) is 16.8. The second-order valence-electron chi connectivity index (χ2n) is 8.00. The number of likely N-dealkylation sites (tertiary alicyclic amines) is 1. The molecule has 3 rings (SSSR count). The minimum absolute atomic E-state index is 0.0876. The Morgan fingerprint density at radius 1 is 1.04 bits per heavy atom. The lowest BCUT2D eigenvalue weighted by Crippen LogP contribution is -2.40. The predicted octanol–water partition coefficient (Wildman–Crippen LogP) is 3.73. The normalized spacial score (nSPS) is 19.6. The minimum Gasteiger partial charge on any atom is -0.493 e. The second kappa shape index (κ2) is 9.98. The van der Waals surface area contributed by atoms with Gasteiger partial charge in [0.2, 0.25) is 0 Å². The lowest BCUT2D eigenvalue weighted by atomic mass is 9.88. The van der Waals surface area contributed by atoms with Gasteiger partial charge in [-0.15, -0.1) is 0 Å². The van der Waals surface area contributed by atoms with Crippen molar-refractivity contribution in [2.45, 2.75) is 44.9 Å². The summed E-state index contributed by atoms with van der Waals surface area (Å²) in [4.78, 5) is 15.2. The number of methoxy groups -OCH3 is 2. The summed E-state index contributed by atoms with van der Waals surface area (Å²) >= 11 is 0. The fraction of sp³-hybridized carbons (Fsp3) is 0.682. The highest BCUT2D eigenvalue weighted by Crippen LogP contribution is 2.31. The summed E-state index contributed by atoms with van der Waals surface area (Å²) in [6, 6.07) is 5.40. The first-order valence-corrected chi connectivity index (χ1v) is 10.4. The number of hydrogen-bond acceptors (Lipinski definition) is 4. The molecule has 2 aliphatic rings. The predicted molar refractivity (Wildman–Crippen MR) is 108 cm³/mol. The molecule has 0 spiro atoms. The Balaban J connectivity index is 1.44. The Hall–Kier alpha value is -1.75. The van der Waals surface area contributed by atoms with Crippen LogP contribution in [0.25, 0.3) is 0 Å². The highest BCUT2D eigenvalue weighted by Gasteiger charge is 2.24. The van der Waals surface area contributed by atoms with Crippen molar-refractivity contribution < 1.29 is 14.3 Å². The number of nitrogens with zero attached hydrogens (tertiary/aromatic N) is 1. The summed E-state index contributed by atoms with van der Waals surface area (Å²) in [6.45, 7) is 4.34. The number of rotatable bonds is 7. The third kappa shape index (κ3) is 5.38. The quantitative estimate of drug-likeness (QED) is 0.790. The Labute approximate surface area is 163 Å². The molecular formula is C22H34N2O3. The summed E-state index contributed by atoms with van der Waals surface area (Å²) in [5, 5.41) is 3.10. The Kier molecular flexibility index (Phi) is 7.39. The first-order valence-electron chi connectivity index (χ1n) is 10.4. The third-order valence-corrected chi connectivity index (χ3v) is 6.15. The van der Waals surface area contributed by atoms with E-state index in [1.165, 1.54) is 64.6 Å². The molecule has 150 valence electrons. The van der Waals surface area contributed by atoms with Gasteiger partial charge in [0.15, 0.2) is 11.5 Å². The summed E-state index contributed by atoms with van der Waals surface area (Å²) < 4.78 is 10.7. The van der Waals surface area contributed by atoms with Crippen molar-refractivity contribution in [2.24, 2.45) is 11.8 Å². The van der Waals surface area contributed by atoms with Crippen LogP contribution in [0.15, 0.2) is 18.2 Å². The maximum absolute atomic E-state index is 12.6. The highest BCUT2D eigenvalue weighted by molar-refractivity contribution is 5.97. The van der Waals surface area contributed by atoms with Gasteiger partial charge in [-0.25, -0.2) is 0 Å². The van der Waals surface area contributed by atoms with Gasteiger partial charge < -0.3 is 19.7 Å². The van der Waals surface area contributed by atoms with Crippen LogP contribution in [0.5, 0.6) is 11.5 Å². The summed E-state index contributed by atoms with van der Waals surface area (Å²) in [7, 11) is 3.15. The molecule has 1 aliphatic carbocycles. The van der Waals surface area contributed by atoms with Crippen molar-refractivity contribution in [1.29, 1.82) is 0 Å². The van der Waals surface area contributed by atoms with Gasteiger partial charge in [-0.3, -0.25) is 4.79 Å². The highest BCUT2D eigenvalue weighted by atomic mass is 16.5. The van der Waals surface area contributed by atoms with Crippen molar-refractivity contribution >= 4 is 5.91 Å². The van der Waals surface area contributed by atoms with Crippen molar-refractivity contribution in [2.75, 3.05) is 40.4 Å². The van der Waals surface area contributed by atoms with Crippen molar-refractivity contribution in [1.82, 2.24) is 10.2 Å². The molecule has 0 atom stereocenters. The minimum atomic E-state index is -0.0876. The van der Waals surface area contributed by atoms with E-state index in [9.17, 15) is 4.79 Å². The molecule has 0 aromatic heterocycles. The molecule has 2 fully saturated rings. The lowest BCUT2D eigenvalue weighted by Gasteiger charge is -2.35. The van der Waals surface area contributed by atoms with E-state index in [2.05, 4.69) is 10.2 Å². The number of nitrogens with one attached hydrogen (secondary N) is 1. The van der Waals surface area contributed by atoms with Crippen LogP contribution in [0.3, 0.4) is 0 Å². The third-order valence-electron chi connectivity index (χ3n) is 6.15. The molecule has 5 nitrogen and oxygen atoms in total. The molecule has 1 aliphatic heterocycles. The molecule has 1 saturated heterocycles. The monoisotopic (exact) mass is 374 g/mol. The zero-order valence-corrected chi connectivity index (χ0v) is 16.8. The van der Waals surface area contributed by atoms with Gasteiger partial charge >= 0.3 is 0 Å². The van der Waals surface area contributed by atoms with Gasteiger partial charge in [0.05, 0.1) is 19.8 Å². The van der Waals surface area contributed by atoms with Crippen molar-refractivity contribution in [3.8, 4) is 11.5 Å². The molecular weight excluding hydrogens is 340 g/mol. The van der Waals surface area contributed by atoms with Crippen LogP contribution in [0, 0.1) is 11.8 Å². The van der Waals surface area contributed by atoms with E-state index in [0.29, 0.717) is 23.0 Å². The smallest absolute Gasteiger partial charge is 0.255 e. The van der Waals surface area contributed by atoms with Crippen LogP contribution in [0.1, 0.15) is 55.3 Å². The summed E-state index contributed by atoms with van der Waals surface area (Å²) in [6.07, 6.45) is 9.43.